The fraction of sp³-hybridized carbons (Fsp3) is 0.0714. The highest BCUT2D eigenvalue weighted by Crippen LogP contribution is 2.13. The van der Waals surface area contributed by atoms with Crippen LogP contribution in [0.1, 0.15) is 5.56 Å². The Kier molecular flexibility index (Phi) is 4.39. The van der Waals surface area contributed by atoms with Crippen molar-refractivity contribution in [1.29, 1.82) is 5.53 Å². The molecule has 0 saturated heterocycles. The number of amides is 1. The summed E-state index contributed by atoms with van der Waals surface area (Å²) >= 11 is 0. The molecule has 0 aliphatic carbocycles. The van der Waals surface area contributed by atoms with E-state index in [0.29, 0.717) is 11.4 Å². The van der Waals surface area contributed by atoms with E-state index in [0.717, 1.165) is 5.56 Å². The molecule has 0 saturated carbocycles. The van der Waals surface area contributed by atoms with Gasteiger partial charge in [-0.15, -0.1) is 0 Å². The molecule has 0 aromatic heterocycles. The Morgan fingerprint density at radius 3 is 2.40 bits per heavy atom. The molecule has 0 unspecified atom stereocenters. The molecule has 2 N–H and O–H groups in total. The Morgan fingerprint density at radius 2 is 1.80 bits per heavy atom. The van der Waals surface area contributed by atoms with E-state index in [1.807, 2.05) is 0 Å². The van der Waals surface area contributed by atoms with Gasteiger partial charge < -0.3 is 4.74 Å². The lowest BCUT2D eigenvalue weighted by atomic mass is 10.2. The van der Waals surface area contributed by atoms with E-state index in [4.69, 9.17) is 10.3 Å². The van der Waals surface area contributed by atoms with Crippen LogP contribution in [0.3, 0.4) is 0 Å². The van der Waals surface area contributed by atoms with Crippen molar-refractivity contribution in [2.45, 2.75) is 6.61 Å². The smallest absolute Gasteiger partial charge is 0.411 e. The first-order valence-corrected chi connectivity index (χ1v) is 5.83. The minimum Gasteiger partial charge on any atom is -0.444 e. The molecule has 0 bridgehead atoms. The van der Waals surface area contributed by atoms with Gasteiger partial charge in [0.1, 0.15) is 12.4 Å². The molecule has 6 heteroatoms. The number of ether oxygens (including phenoxy) is 1. The first kappa shape index (κ1) is 13.7. The fourth-order valence-electron chi connectivity index (χ4n) is 1.50. The van der Waals surface area contributed by atoms with Crippen LogP contribution in [-0.4, -0.2) is 6.09 Å². The average Bonchev–Trinajstić information content (AvgIpc) is 2.48. The Morgan fingerprint density at radius 1 is 1.15 bits per heavy atom. The highest BCUT2D eigenvalue weighted by molar-refractivity contribution is 5.84. The maximum absolute atomic E-state index is 12.7. The zero-order valence-corrected chi connectivity index (χ0v) is 10.5. The summed E-state index contributed by atoms with van der Waals surface area (Å²) in [5, 5.41) is 5.75. The summed E-state index contributed by atoms with van der Waals surface area (Å²) < 4.78 is 17.7. The van der Waals surface area contributed by atoms with Crippen molar-refractivity contribution in [3.05, 3.63) is 59.9 Å². The van der Waals surface area contributed by atoms with E-state index in [-0.39, 0.29) is 12.4 Å². The molecule has 0 radical (unpaired) electrons. The predicted octanol–water partition coefficient (Wildman–Crippen LogP) is 4.24. The van der Waals surface area contributed by atoms with Crippen LogP contribution in [0.15, 0.2) is 53.6 Å². The zero-order valence-electron chi connectivity index (χ0n) is 10.5. The van der Waals surface area contributed by atoms with Crippen LogP contribution in [-0.2, 0) is 11.3 Å². The summed E-state index contributed by atoms with van der Waals surface area (Å²) in [5.41, 5.74) is 8.60. The minimum atomic E-state index is -0.620. The van der Waals surface area contributed by atoms with Gasteiger partial charge in [0.05, 0.1) is 5.69 Å². The van der Waals surface area contributed by atoms with Crippen LogP contribution in [0.25, 0.3) is 0 Å². The number of nitrogens with one attached hydrogen (secondary N) is 2. The molecule has 1 amide bonds. The van der Waals surface area contributed by atoms with Crippen LogP contribution in [0.2, 0.25) is 0 Å². The minimum absolute atomic E-state index is 0.102. The van der Waals surface area contributed by atoms with E-state index >= 15 is 0 Å². The molecule has 0 spiro atoms. The first-order valence-electron chi connectivity index (χ1n) is 5.83. The van der Waals surface area contributed by atoms with Crippen molar-refractivity contribution in [3.63, 3.8) is 0 Å². The van der Waals surface area contributed by atoms with Crippen molar-refractivity contribution in [2.24, 2.45) is 5.11 Å². The maximum atomic E-state index is 12.7. The Balaban J connectivity index is 1.85. The molecule has 0 heterocycles. The summed E-state index contributed by atoms with van der Waals surface area (Å²) in [6.07, 6.45) is -0.620. The summed E-state index contributed by atoms with van der Waals surface area (Å²) in [4.78, 5) is 11.5. The van der Waals surface area contributed by atoms with Crippen molar-refractivity contribution < 1.29 is 13.9 Å². The molecule has 0 atom stereocenters. The summed E-state index contributed by atoms with van der Waals surface area (Å²) in [6, 6.07) is 12.1. The number of carbonyl (C=O) groups is 1. The number of rotatable bonds is 4. The van der Waals surface area contributed by atoms with Gasteiger partial charge in [0, 0.05) is 5.69 Å². The largest absolute Gasteiger partial charge is 0.444 e. The molecular formula is C14H12FN3O2. The van der Waals surface area contributed by atoms with Crippen molar-refractivity contribution in [1.82, 2.24) is 0 Å². The highest BCUT2D eigenvalue weighted by atomic mass is 19.1. The van der Waals surface area contributed by atoms with Gasteiger partial charge in [-0.3, -0.25) is 5.32 Å². The predicted molar refractivity (Wildman–Crippen MR) is 71.5 cm³/mol. The van der Waals surface area contributed by atoms with Crippen molar-refractivity contribution >= 4 is 17.5 Å². The van der Waals surface area contributed by atoms with E-state index in [1.165, 1.54) is 24.3 Å². The average molecular weight is 273 g/mol. The highest BCUT2D eigenvalue weighted by Gasteiger charge is 2.04. The van der Waals surface area contributed by atoms with Crippen LogP contribution in [0.4, 0.5) is 20.6 Å². The van der Waals surface area contributed by atoms with Crippen LogP contribution < -0.4 is 5.32 Å². The number of nitrogens with zero attached hydrogens (tertiary/aromatic N) is 1. The van der Waals surface area contributed by atoms with Gasteiger partial charge in [0.15, 0.2) is 0 Å². The second kappa shape index (κ2) is 6.42. The molecule has 0 aliphatic heterocycles. The number of anilines is 1. The quantitative estimate of drug-likeness (QED) is 0.817. The molecule has 5 nitrogen and oxygen atoms in total. The molecular weight excluding hydrogens is 261 g/mol. The van der Waals surface area contributed by atoms with E-state index < -0.39 is 6.09 Å². The normalized spacial score (nSPS) is 9.85. The Hall–Kier alpha value is -2.76. The monoisotopic (exact) mass is 273 g/mol. The molecule has 0 fully saturated rings. The van der Waals surface area contributed by atoms with Gasteiger partial charge in [0.25, 0.3) is 0 Å². The Labute approximate surface area is 114 Å². The topological polar surface area (TPSA) is 74.5 Å². The van der Waals surface area contributed by atoms with E-state index in [2.05, 4.69) is 10.4 Å². The number of halogens is 1. The van der Waals surface area contributed by atoms with Gasteiger partial charge in [-0.1, -0.05) is 12.1 Å². The number of hydrogen-bond donors (Lipinski definition) is 2. The number of hydrogen-bond acceptors (Lipinski definition) is 4. The standard InChI is InChI=1S/C14H12FN3O2/c15-11-3-7-12(8-4-11)17-14(19)20-9-10-1-5-13(18-16)6-2-10/h1-8,16H,9H2,(H,17,19). The van der Waals surface area contributed by atoms with Gasteiger partial charge in [-0.25, -0.2) is 14.7 Å². The van der Waals surface area contributed by atoms with Crippen LogP contribution in [0.5, 0.6) is 0 Å². The second-order valence-corrected chi connectivity index (χ2v) is 3.99. The van der Waals surface area contributed by atoms with Crippen molar-refractivity contribution in [3.8, 4) is 0 Å². The molecule has 2 aromatic rings. The SMILES string of the molecule is N=Nc1ccc(COC(=O)Nc2ccc(F)cc2)cc1. The number of benzene rings is 2. The lowest BCUT2D eigenvalue weighted by Crippen LogP contribution is -2.13. The van der Waals surface area contributed by atoms with Crippen molar-refractivity contribution in [2.75, 3.05) is 5.32 Å². The van der Waals surface area contributed by atoms with Gasteiger partial charge in [-0.2, -0.15) is 5.11 Å². The fourth-order valence-corrected chi connectivity index (χ4v) is 1.50. The van der Waals surface area contributed by atoms with Gasteiger partial charge in [0.2, 0.25) is 0 Å². The molecule has 2 aromatic carbocycles. The molecule has 20 heavy (non-hydrogen) atoms. The van der Waals surface area contributed by atoms with E-state index in [9.17, 15) is 9.18 Å². The lowest BCUT2D eigenvalue weighted by Gasteiger charge is -2.07. The van der Waals surface area contributed by atoms with Crippen LogP contribution in [0, 0.1) is 11.3 Å². The molecule has 102 valence electrons. The molecule has 2 rings (SSSR count). The lowest BCUT2D eigenvalue weighted by molar-refractivity contribution is 0.155. The van der Waals surface area contributed by atoms with Gasteiger partial charge in [-0.05, 0) is 42.0 Å². The van der Waals surface area contributed by atoms with Gasteiger partial charge >= 0.3 is 6.09 Å². The third-order valence-electron chi connectivity index (χ3n) is 2.53. The first-order chi connectivity index (χ1) is 9.67. The number of carbonyl (C=O) groups excluding carboxylic acids is 1. The van der Waals surface area contributed by atoms with E-state index in [1.54, 1.807) is 24.3 Å². The van der Waals surface area contributed by atoms with Crippen LogP contribution >= 0.6 is 0 Å². The summed E-state index contributed by atoms with van der Waals surface area (Å²) in [5.74, 6) is -0.371. The maximum Gasteiger partial charge on any atom is 0.411 e. The summed E-state index contributed by atoms with van der Waals surface area (Å²) in [6.45, 7) is 0.102. The molecule has 0 aliphatic rings. The zero-order chi connectivity index (χ0) is 14.4. The third kappa shape index (κ3) is 3.88. The summed E-state index contributed by atoms with van der Waals surface area (Å²) in [7, 11) is 0. The third-order valence-corrected chi connectivity index (χ3v) is 2.53. The second-order valence-electron chi connectivity index (χ2n) is 3.99. The Bertz CT molecular complexity index is 597.